The molecule has 0 spiro atoms. The number of nitrogens with two attached hydrogens (primary N) is 2. The number of amides is 2. The Labute approximate surface area is 77.8 Å². The lowest BCUT2D eigenvalue weighted by molar-refractivity contribution is -0.128. The van der Waals surface area contributed by atoms with E-state index >= 15 is 0 Å². The lowest BCUT2D eigenvalue weighted by atomic mass is 10.1. The van der Waals surface area contributed by atoms with Crippen molar-refractivity contribution in [2.24, 2.45) is 11.5 Å². The number of rotatable bonds is 5. The molecule has 0 fully saturated rings. The van der Waals surface area contributed by atoms with Crippen molar-refractivity contribution in [1.29, 1.82) is 0 Å². The summed E-state index contributed by atoms with van der Waals surface area (Å²) in [6.45, 7) is 3.47. The molecule has 0 radical (unpaired) electrons. The van der Waals surface area contributed by atoms with Gasteiger partial charge in [-0.1, -0.05) is 13.3 Å². The van der Waals surface area contributed by atoms with E-state index in [9.17, 15) is 9.59 Å². The third-order valence-corrected chi connectivity index (χ3v) is 1.65. The second-order valence-corrected chi connectivity index (χ2v) is 3.04. The summed E-state index contributed by atoms with van der Waals surface area (Å²) in [5.74, 6) is -0.867. The van der Waals surface area contributed by atoms with E-state index in [0.29, 0.717) is 6.42 Å². The van der Waals surface area contributed by atoms with Crippen LogP contribution in [0.4, 0.5) is 0 Å². The van der Waals surface area contributed by atoms with E-state index in [0.717, 1.165) is 6.42 Å². The highest BCUT2D eigenvalue weighted by Gasteiger charge is 2.18. The van der Waals surface area contributed by atoms with E-state index < -0.39 is 18.0 Å². The highest BCUT2D eigenvalue weighted by molar-refractivity contribution is 5.88. The van der Waals surface area contributed by atoms with Crippen LogP contribution in [0, 0.1) is 0 Å². The Kier molecular flexibility index (Phi) is 5.06. The van der Waals surface area contributed by atoms with Crippen molar-refractivity contribution in [1.82, 2.24) is 5.32 Å². The Bertz CT molecular complexity index is 192. The predicted octanol–water partition coefficient (Wildman–Crippen LogP) is -0.896. The minimum absolute atomic E-state index is 0.350. The fourth-order valence-electron chi connectivity index (χ4n) is 0.877. The van der Waals surface area contributed by atoms with Crippen molar-refractivity contribution in [3.8, 4) is 0 Å². The molecule has 0 aliphatic rings. The monoisotopic (exact) mass is 187 g/mol. The fourth-order valence-corrected chi connectivity index (χ4v) is 0.877. The molecule has 5 nitrogen and oxygen atoms in total. The first-order valence-corrected chi connectivity index (χ1v) is 4.34. The van der Waals surface area contributed by atoms with Gasteiger partial charge in [0.25, 0.3) is 0 Å². The zero-order valence-corrected chi connectivity index (χ0v) is 8.04. The van der Waals surface area contributed by atoms with Gasteiger partial charge in [0.1, 0.15) is 6.04 Å². The molecular formula is C8H17N3O2. The Balaban J connectivity index is 4.10. The molecule has 76 valence electrons. The number of carbonyl (C=O) groups is 2. The van der Waals surface area contributed by atoms with Crippen LogP contribution in [0.2, 0.25) is 0 Å². The number of primary amides is 1. The second kappa shape index (κ2) is 5.53. The van der Waals surface area contributed by atoms with Gasteiger partial charge in [0, 0.05) is 0 Å². The summed E-state index contributed by atoms with van der Waals surface area (Å²) in [5, 5.41) is 2.48. The molecular weight excluding hydrogens is 170 g/mol. The molecule has 0 aromatic heterocycles. The standard InChI is InChI=1S/C8H17N3O2/c1-3-4-6(7(10)12)11-8(13)5(2)9/h5-6H,3-4,9H2,1-2H3,(H2,10,12)(H,11,13). The third-order valence-electron chi connectivity index (χ3n) is 1.65. The van der Waals surface area contributed by atoms with E-state index in [-0.39, 0.29) is 5.91 Å². The molecule has 0 aromatic rings. The van der Waals surface area contributed by atoms with Gasteiger partial charge in [-0.15, -0.1) is 0 Å². The molecule has 13 heavy (non-hydrogen) atoms. The second-order valence-electron chi connectivity index (χ2n) is 3.04. The zero-order chi connectivity index (χ0) is 10.4. The molecule has 0 bridgehead atoms. The SMILES string of the molecule is CCCC(NC(=O)C(C)N)C(N)=O. The average molecular weight is 187 g/mol. The minimum atomic E-state index is -0.612. The minimum Gasteiger partial charge on any atom is -0.368 e. The van der Waals surface area contributed by atoms with Gasteiger partial charge in [-0.3, -0.25) is 9.59 Å². The van der Waals surface area contributed by atoms with Gasteiger partial charge in [0.05, 0.1) is 6.04 Å². The molecule has 0 saturated carbocycles. The zero-order valence-electron chi connectivity index (χ0n) is 8.04. The first kappa shape index (κ1) is 11.9. The summed E-state index contributed by atoms with van der Waals surface area (Å²) in [5.41, 5.74) is 10.4. The Morgan fingerprint density at radius 1 is 1.46 bits per heavy atom. The lowest BCUT2D eigenvalue weighted by Crippen LogP contribution is -2.49. The normalized spacial score (nSPS) is 14.7. The van der Waals surface area contributed by atoms with Crippen LogP contribution in [0.3, 0.4) is 0 Å². The van der Waals surface area contributed by atoms with E-state index in [1.54, 1.807) is 6.92 Å². The van der Waals surface area contributed by atoms with Gasteiger partial charge in [0.2, 0.25) is 11.8 Å². The Morgan fingerprint density at radius 2 is 2.00 bits per heavy atom. The first-order chi connectivity index (χ1) is 5.99. The molecule has 2 amide bonds. The molecule has 2 atom stereocenters. The predicted molar refractivity (Wildman–Crippen MR) is 49.7 cm³/mol. The van der Waals surface area contributed by atoms with Crippen molar-refractivity contribution in [2.75, 3.05) is 0 Å². The number of carbonyl (C=O) groups excluding carboxylic acids is 2. The summed E-state index contributed by atoms with van der Waals surface area (Å²) in [7, 11) is 0. The van der Waals surface area contributed by atoms with E-state index in [1.807, 2.05) is 6.92 Å². The quantitative estimate of drug-likeness (QED) is 0.520. The Hall–Kier alpha value is -1.10. The van der Waals surface area contributed by atoms with Gasteiger partial charge in [-0.05, 0) is 13.3 Å². The third kappa shape index (κ3) is 4.47. The van der Waals surface area contributed by atoms with Crippen LogP contribution in [-0.4, -0.2) is 23.9 Å². The molecule has 5 heteroatoms. The van der Waals surface area contributed by atoms with Crippen molar-refractivity contribution in [2.45, 2.75) is 38.8 Å². The number of hydrogen-bond acceptors (Lipinski definition) is 3. The molecule has 0 aliphatic heterocycles. The van der Waals surface area contributed by atoms with Gasteiger partial charge in [0.15, 0.2) is 0 Å². The van der Waals surface area contributed by atoms with E-state index in [1.165, 1.54) is 0 Å². The number of hydrogen-bond donors (Lipinski definition) is 3. The molecule has 2 unspecified atom stereocenters. The van der Waals surface area contributed by atoms with Crippen LogP contribution in [-0.2, 0) is 9.59 Å². The van der Waals surface area contributed by atoms with Gasteiger partial charge >= 0.3 is 0 Å². The molecule has 0 aromatic carbocycles. The van der Waals surface area contributed by atoms with Gasteiger partial charge in [-0.25, -0.2) is 0 Å². The van der Waals surface area contributed by atoms with Crippen LogP contribution in [0.15, 0.2) is 0 Å². The maximum atomic E-state index is 11.1. The van der Waals surface area contributed by atoms with E-state index in [2.05, 4.69) is 5.32 Å². The molecule has 0 heterocycles. The highest BCUT2D eigenvalue weighted by atomic mass is 16.2. The van der Waals surface area contributed by atoms with Crippen LogP contribution >= 0.6 is 0 Å². The molecule has 0 saturated heterocycles. The van der Waals surface area contributed by atoms with Crippen LogP contribution in [0.5, 0.6) is 0 Å². The molecule has 5 N–H and O–H groups in total. The van der Waals surface area contributed by atoms with Crippen molar-refractivity contribution >= 4 is 11.8 Å². The highest BCUT2D eigenvalue weighted by Crippen LogP contribution is 1.95. The Morgan fingerprint density at radius 3 is 2.31 bits per heavy atom. The van der Waals surface area contributed by atoms with Crippen molar-refractivity contribution < 1.29 is 9.59 Å². The van der Waals surface area contributed by atoms with Gasteiger partial charge in [-0.2, -0.15) is 0 Å². The largest absolute Gasteiger partial charge is 0.368 e. The van der Waals surface area contributed by atoms with Crippen molar-refractivity contribution in [3.63, 3.8) is 0 Å². The summed E-state index contributed by atoms with van der Waals surface area (Å²) in [4.78, 5) is 21.9. The van der Waals surface area contributed by atoms with Crippen LogP contribution < -0.4 is 16.8 Å². The maximum absolute atomic E-state index is 11.1. The summed E-state index contributed by atoms with van der Waals surface area (Å²) in [6, 6.07) is -1.21. The first-order valence-electron chi connectivity index (χ1n) is 4.34. The molecule has 0 rings (SSSR count). The van der Waals surface area contributed by atoms with Crippen LogP contribution in [0.25, 0.3) is 0 Å². The van der Waals surface area contributed by atoms with Crippen LogP contribution in [0.1, 0.15) is 26.7 Å². The maximum Gasteiger partial charge on any atom is 0.240 e. The lowest BCUT2D eigenvalue weighted by Gasteiger charge is -2.15. The fraction of sp³-hybridized carbons (Fsp3) is 0.750. The summed E-state index contributed by atoms with van der Waals surface area (Å²) >= 11 is 0. The molecule has 0 aliphatic carbocycles. The topological polar surface area (TPSA) is 98.2 Å². The summed E-state index contributed by atoms with van der Waals surface area (Å²) in [6.07, 6.45) is 1.33. The summed E-state index contributed by atoms with van der Waals surface area (Å²) < 4.78 is 0. The average Bonchev–Trinajstić information content (AvgIpc) is 2.03. The van der Waals surface area contributed by atoms with E-state index in [4.69, 9.17) is 11.5 Å². The smallest absolute Gasteiger partial charge is 0.240 e. The number of nitrogens with one attached hydrogen (secondary N) is 1. The van der Waals surface area contributed by atoms with Gasteiger partial charge < -0.3 is 16.8 Å². The van der Waals surface area contributed by atoms with Crippen molar-refractivity contribution in [3.05, 3.63) is 0 Å².